The van der Waals surface area contributed by atoms with Crippen LogP contribution < -0.4 is 11.0 Å². The summed E-state index contributed by atoms with van der Waals surface area (Å²) < 4.78 is 15.3. The number of nitrogens with zero attached hydrogens (tertiary/aromatic N) is 3. The van der Waals surface area contributed by atoms with Crippen LogP contribution in [0, 0.1) is 12.7 Å². The van der Waals surface area contributed by atoms with Crippen molar-refractivity contribution in [2.24, 2.45) is 5.10 Å². The summed E-state index contributed by atoms with van der Waals surface area (Å²) >= 11 is 0. The van der Waals surface area contributed by atoms with E-state index < -0.39 is 11.7 Å². The van der Waals surface area contributed by atoms with Crippen molar-refractivity contribution in [1.29, 1.82) is 0 Å². The number of carbonyl (C=O) groups excluding carboxylic acids is 1. The third-order valence-corrected chi connectivity index (χ3v) is 4.61. The summed E-state index contributed by atoms with van der Waals surface area (Å²) in [6.07, 6.45) is 2.95. The minimum atomic E-state index is -0.501. The average molecular weight is 415 g/mol. The van der Waals surface area contributed by atoms with Gasteiger partial charge in [-0.3, -0.25) is 19.7 Å². The van der Waals surface area contributed by atoms with Crippen molar-refractivity contribution >= 4 is 11.6 Å². The summed E-state index contributed by atoms with van der Waals surface area (Å²) in [5.74, 6) is -0.987. The molecular formula is C23H18FN5O2. The van der Waals surface area contributed by atoms with E-state index in [0.717, 1.165) is 0 Å². The van der Waals surface area contributed by atoms with Gasteiger partial charge in [0.25, 0.3) is 11.5 Å². The second-order valence-electron chi connectivity index (χ2n) is 6.74. The zero-order chi connectivity index (χ0) is 21.8. The predicted molar refractivity (Wildman–Crippen MR) is 115 cm³/mol. The van der Waals surface area contributed by atoms with Gasteiger partial charge in [0.2, 0.25) is 0 Å². The minimum Gasteiger partial charge on any atom is -0.295 e. The van der Waals surface area contributed by atoms with E-state index >= 15 is 0 Å². The molecule has 0 radical (unpaired) electrons. The first-order chi connectivity index (χ1) is 15.0. The Morgan fingerprint density at radius 2 is 1.84 bits per heavy atom. The molecule has 2 heterocycles. The summed E-state index contributed by atoms with van der Waals surface area (Å²) in [7, 11) is 0. The second-order valence-corrected chi connectivity index (χ2v) is 6.74. The van der Waals surface area contributed by atoms with E-state index in [-0.39, 0.29) is 16.8 Å². The summed E-state index contributed by atoms with van der Waals surface area (Å²) in [5, 5.41) is 7.22. The van der Waals surface area contributed by atoms with Crippen LogP contribution in [0.15, 0.2) is 89.0 Å². The monoisotopic (exact) mass is 415 g/mol. The summed E-state index contributed by atoms with van der Waals surface area (Å²) in [6, 6.07) is 17.9. The molecule has 4 rings (SSSR count). The van der Waals surface area contributed by atoms with Crippen LogP contribution in [0.3, 0.4) is 0 Å². The molecule has 0 aliphatic carbocycles. The first kappa shape index (κ1) is 20.0. The number of hydrogen-bond acceptors (Lipinski definition) is 4. The molecule has 2 aromatic carbocycles. The number of halogens is 1. The van der Waals surface area contributed by atoms with Crippen LogP contribution in [0.2, 0.25) is 0 Å². The zero-order valence-electron chi connectivity index (χ0n) is 16.5. The lowest BCUT2D eigenvalue weighted by molar-refractivity contribution is 0.0954. The van der Waals surface area contributed by atoms with Crippen LogP contribution in [0.1, 0.15) is 27.2 Å². The smallest absolute Gasteiger partial charge is 0.281 e. The molecule has 0 saturated heterocycles. The Labute approximate surface area is 176 Å². The summed E-state index contributed by atoms with van der Waals surface area (Å²) in [6.45, 7) is 1.72. The van der Waals surface area contributed by atoms with Gasteiger partial charge in [0.15, 0.2) is 0 Å². The molecule has 0 saturated carbocycles. The molecular weight excluding hydrogens is 397 g/mol. The van der Waals surface area contributed by atoms with Crippen molar-refractivity contribution in [3.05, 3.63) is 118 Å². The molecule has 0 fully saturated rings. The van der Waals surface area contributed by atoms with E-state index in [9.17, 15) is 14.0 Å². The molecule has 0 unspecified atom stereocenters. The molecule has 0 atom stereocenters. The lowest BCUT2D eigenvalue weighted by Crippen LogP contribution is -2.25. The highest BCUT2D eigenvalue weighted by Crippen LogP contribution is 2.14. The zero-order valence-corrected chi connectivity index (χ0v) is 16.5. The van der Waals surface area contributed by atoms with Crippen molar-refractivity contribution in [2.75, 3.05) is 0 Å². The van der Waals surface area contributed by atoms with Crippen molar-refractivity contribution < 1.29 is 9.18 Å². The van der Waals surface area contributed by atoms with Crippen LogP contribution in [0.4, 0.5) is 4.39 Å². The molecule has 0 bridgehead atoms. The van der Waals surface area contributed by atoms with Crippen molar-refractivity contribution in [2.45, 2.75) is 6.92 Å². The van der Waals surface area contributed by atoms with Crippen LogP contribution in [0.5, 0.6) is 0 Å². The molecule has 7 nitrogen and oxygen atoms in total. The number of H-pyrrole nitrogens is 1. The normalized spacial score (nSPS) is 11.4. The van der Waals surface area contributed by atoms with Gasteiger partial charge in [0.1, 0.15) is 11.5 Å². The molecule has 0 aliphatic heterocycles. The molecule has 4 aromatic rings. The van der Waals surface area contributed by atoms with E-state index in [2.05, 4.69) is 20.6 Å². The largest absolute Gasteiger partial charge is 0.295 e. The number of carbonyl (C=O) groups is 1. The predicted octanol–water partition coefficient (Wildman–Crippen LogP) is 3.19. The molecule has 2 N–H and O–H groups in total. The van der Waals surface area contributed by atoms with E-state index in [1.807, 2.05) is 18.2 Å². The number of aromatic amines is 1. The number of para-hydroxylation sites is 1. The number of pyridine rings is 1. The van der Waals surface area contributed by atoms with Crippen LogP contribution >= 0.6 is 0 Å². The first-order valence-corrected chi connectivity index (χ1v) is 9.46. The Balaban J connectivity index is 1.82. The Morgan fingerprint density at radius 3 is 2.55 bits per heavy atom. The maximum absolute atomic E-state index is 13.9. The highest BCUT2D eigenvalue weighted by atomic mass is 19.1. The Kier molecular flexibility index (Phi) is 5.53. The van der Waals surface area contributed by atoms with Gasteiger partial charge in [-0.25, -0.2) is 14.5 Å². The van der Waals surface area contributed by atoms with Gasteiger partial charge < -0.3 is 0 Å². The number of benzene rings is 2. The van der Waals surface area contributed by atoms with Crippen molar-refractivity contribution in [3.8, 4) is 5.69 Å². The summed E-state index contributed by atoms with van der Waals surface area (Å²) in [5.41, 5.74) is 4.25. The van der Waals surface area contributed by atoms with Gasteiger partial charge in [0.05, 0.1) is 16.8 Å². The molecule has 1 amide bonds. The number of aryl methyl sites for hydroxylation is 1. The van der Waals surface area contributed by atoms with Gasteiger partial charge in [-0.15, -0.1) is 0 Å². The number of hydrogen-bond donors (Lipinski definition) is 2. The standard InChI is InChI=1S/C23H18FN5O2/c1-15-20(23(31)29(28-15)19-10-3-2-4-11-19)21(16-7-5-9-18(24)13-16)26-27-22(30)17-8-6-12-25-14-17/h2-14,28H,1H3,(H,27,30)/b26-21-. The number of aromatic nitrogens is 3. The number of rotatable bonds is 5. The highest BCUT2D eigenvalue weighted by molar-refractivity contribution is 6.13. The van der Waals surface area contributed by atoms with E-state index in [1.165, 1.54) is 29.1 Å². The molecule has 31 heavy (non-hydrogen) atoms. The second kappa shape index (κ2) is 8.58. The number of nitrogens with one attached hydrogen (secondary N) is 2. The van der Waals surface area contributed by atoms with Crippen LogP contribution in [-0.4, -0.2) is 26.4 Å². The molecule has 0 aliphatic rings. The molecule has 2 aromatic heterocycles. The van der Waals surface area contributed by atoms with Gasteiger partial charge in [-0.2, -0.15) is 5.10 Å². The Bertz CT molecular complexity index is 1310. The van der Waals surface area contributed by atoms with Crippen LogP contribution in [0.25, 0.3) is 5.69 Å². The third-order valence-electron chi connectivity index (χ3n) is 4.61. The maximum Gasteiger partial charge on any atom is 0.281 e. The topological polar surface area (TPSA) is 92.1 Å². The lowest BCUT2D eigenvalue weighted by Gasteiger charge is -2.07. The van der Waals surface area contributed by atoms with Crippen molar-refractivity contribution in [1.82, 2.24) is 20.2 Å². The number of amides is 1. The molecule has 154 valence electrons. The van der Waals surface area contributed by atoms with Gasteiger partial charge in [0, 0.05) is 23.7 Å². The van der Waals surface area contributed by atoms with E-state index in [0.29, 0.717) is 22.5 Å². The fourth-order valence-electron chi connectivity index (χ4n) is 3.15. The minimum absolute atomic E-state index is 0.144. The third kappa shape index (κ3) is 4.18. The highest BCUT2D eigenvalue weighted by Gasteiger charge is 2.20. The van der Waals surface area contributed by atoms with E-state index in [1.54, 1.807) is 43.5 Å². The van der Waals surface area contributed by atoms with Crippen LogP contribution in [-0.2, 0) is 0 Å². The van der Waals surface area contributed by atoms with E-state index in [4.69, 9.17) is 0 Å². The SMILES string of the molecule is Cc1[nH]n(-c2ccccc2)c(=O)c1/C(=N\NC(=O)c1cccnc1)c1cccc(F)c1. The maximum atomic E-state index is 13.9. The fourth-order valence-corrected chi connectivity index (χ4v) is 3.15. The first-order valence-electron chi connectivity index (χ1n) is 9.46. The Morgan fingerprint density at radius 1 is 1.06 bits per heavy atom. The summed E-state index contributed by atoms with van der Waals surface area (Å²) in [4.78, 5) is 29.6. The molecule has 0 spiro atoms. The Hall–Kier alpha value is -4.33. The van der Waals surface area contributed by atoms with Crippen molar-refractivity contribution in [3.63, 3.8) is 0 Å². The van der Waals surface area contributed by atoms with Gasteiger partial charge in [-0.05, 0) is 43.3 Å². The fraction of sp³-hybridized carbons (Fsp3) is 0.0435. The van der Waals surface area contributed by atoms with Gasteiger partial charge in [-0.1, -0.05) is 30.3 Å². The lowest BCUT2D eigenvalue weighted by atomic mass is 10.0. The average Bonchev–Trinajstić information content (AvgIpc) is 3.09. The molecule has 8 heteroatoms. The number of hydrazone groups is 1. The quantitative estimate of drug-likeness (QED) is 0.387. The van der Waals surface area contributed by atoms with Gasteiger partial charge >= 0.3 is 0 Å².